The second-order valence-electron chi connectivity index (χ2n) is 5.17. The number of carboxylic acid groups (broad SMARTS) is 1. The van der Waals surface area contributed by atoms with Crippen LogP contribution < -0.4 is 5.32 Å². The highest BCUT2D eigenvalue weighted by Gasteiger charge is 2.11. The third-order valence-electron chi connectivity index (χ3n) is 3.64. The maximum atomic E-state index is 10.7. The van der Waals surface area contributed by atoms with Crippen LogP contribution in [0.2, 0.25) is 0 Å². The topological polar surface area (TPSA) is 80.0 Å². The lowest BCUT2D eigenvalue weighted by Crippen LogP contribution is -2.32. The summed E-state index contributed by atoms with van der Waals surface area (Å²) in [5.74, 6) is -1.03. The van der Waals surface area contributed by atoms with Crippen molar-refractivity contribution < 1.29 is 9.90 Å². The Morgan fingerprint density at radius 3 is 2.63 bits per heavy atom. The first-order chi connectivity index (χ1) is 9.25. The Bertz CT molecular complexity index is 397. The molecule has 19 heavy (non-hydrogen) atoms. The molecule has 1 aliphatic rings. The summed E-state index contributed by atoms with van der Waals surface area (Å²) in [6.45, 7) is 1.48. The number of carbonyl (C=O) groups is 1. The van der Waals surface area contributed by atoms with Gasteiger partial charge in [0.25, 0.3) is 0 Å². The van der Waals surface area contributed by atoms with E-state index in [1.807, 2.05) is 0 Å². The van der Waals surface area contributed by atoms with Gasteiger partial charge >= 0.3 is 5.97 Å². The molecule has 0 aromatic carbocycles. The van der Waals surface area contributed by atoms with E-state index in [4.69, 9.17) is 5.11 Å². The number of carboxylic acids is 1. The van der Waals surface area contributed by atoms with Crippen LogP contribution in [0.15, 0.2) is 6.20 Å². The molecule has 0 saturated heterocycles. The van der Waals surface area contributed by atoms with Crippen molar-refractivity contribution in [1.82, 2.24) is 20.3 Å². The normalized spacial score (nSPS) is 17.9. The van der Waals surface area contributed by atoms with E-state index in [0.717, 1.165) is 6.54 Å². The van der Waals surface area contributed by atoms with Crippen LogP contribution >= 0.6 is 0 Å². The van der Waals surface area contributed by atoms with Gasteiger partial charge in [0.2, 0.25) is 0 Å². The first-order valence-electron chi connectivity index (χ1n) is 7.12. The monoisotopic (exact) mass is 266 g/mol. The number of nitrogens with zero attached hydrogens (tertiary/aromatic N) is 3. The molecule has 0 aliphatic heterocycles. The Kier molecular flexibility index (Phi) is 5.32. The smallest absolute Gasteiger partial charge is 0.358 e. The Morgan fingerprint density at radius 2 is 2.00 bits per heavy atom. The minimum atomic E-state index is -1.03. The van der Waals surface area contributed by atoms with Gasteiger partial charge in [-0.25, -0.2) is 4.79 Å². The fraction of sp³-hybridized carbons (Fsp3) is 0.769. The number of aromatic carboxylic acids is 1. The van der Waals surface area contributed by atoms with Crippen LogP contribution in [0.5, 0.6) is 0 Å². The fourth-order valence-corrected chi connectivity index (χ4v) is 2.55. The summed E-state index contributed by atoms with van der Waals surface area (Å²) < 4.78 is 1.58. The van der Waals surface area contributed by atoms with Gasteiger partial charge in [0.1, 0.15) is 0 Å². The van der Waals surface area contributed by atoms with Gasteiger partial charge in [0.15, 0.2) is 5.69 Å². The standard InChI is InChI=1S/C13H22N4O2/c18-13(19)12-10-17(16-15-12)9-8-14-11-6-4-2-1-3-5-7-11/h10-11,14H,1-9H2,(H,18,19). The molecule has 0 atom stereocenters. The van der Waals surface area contributed by atoms with E-state index in [1.165, 1.54) is 51.1 Å². The molecule has 106 valence electrons. The zero-order valence-corrected chi connectivity index (χ0v) is 11.2. The lowest BCUT2D eigenvalue weighted by molar-refractivity contribution is 0.0690. The summed E-state index contributed by atoms with van der Waals surface area (Å²) in [6.07, 6.45) is 10.7. The zero-order chi connectivity index (χ0) is 13.5. The summed E-state index contributed by atoms with van der Waals surface area (Å²) in [7, 11) is 0. The van der Waals surface area contributed by atoms with Crippen molar-refractivity contribution in [1.29, 1.82) is 0 Å². The van der Waals surface area contributed by atoms with Crippen molar-refractivity contribution in [2.24, 2.45) is 0 Å². The van der Waals surface area contributed by atoms with E-state index in [-0.39, 0.29) is 5.69 Å². The van der Waals surface area contributed by atoms with Crippen molar-refractivity contribution in [2.45, 2.75) is 57.5 Å². The zero-order valence-electron chi connectivity index (χ0n) is 11.2. The average molecular weight is 266 g/mol. The van der Waals surface area contributed by atoms with Crippen LogP contribution in [-0.2, 0) is 6.54 Å². The third-order valence-corrected chi connectivity index (χ3v) is 3.64. The van der Waals surface area contributed by atoms with Gasteiger partial charge in [-0.15, -0.1) is 5.10 Å². The number of hydrogen-bond donors (Lipinski definition) is 2. The SMILES string of the molecule is O=C(O)c1cn(CCNC2CCCCCCC2)nn1. The molecule has 0 radical (unpaired) electrons. The van der Waals surface area contributed by atoms with Gasteiger partial charge in [-0.2, -0.15) is 0 Å². The Labute approximate surface area is 113 Å². The molecule has 6 heteroatoms. The van der Waals surface area contributed by atoms with Crippen molar-refractivity contribution >= 4 is 5.97 Å². The van der Waals surface area contributed by atoms with Gasteiger partial charge in [-0.3, -0.25) is 4.68 Å². The number of aromatic nitrogens is 3. The maximum Gasteiger partial charge on any atom is 0.358 e. The van der Waals surface area contributed by atoms with Crippen LogP contribution in [0.25, 0.3) is 0 Å². The molecule has 2 rings (SSSR count). The highest BCUT2D eigenvalue weighted by molar-refractivity contribution is 5.84. The van der Waals surface area contributed by atoms with E-state index in [1.54, 1.807) is 4.68 Å². The summed E-state index contributed by atoms with van der Waals surface area (Å²) in [5, 5.41) is 19.7. The molecule has 2 N–H and O–H groups in total. The summed E-state index contributed by atoms with van der Waals surface area (Å²) in [4.78, 5) is 10.7. The third kappa shape index (κ3) is 4.63. The quantitative estimate of drug-likeness (QED) is 0.847. The van der Waals surface area contributed by atoms with Crippen molar-refractivity contribution in [3.8, 4) is 0 Å². The molecule has 1 heterocycles. The highest BCUT2D eigenvalue weighted by Crippen LogP contribution is 2.16. The number of nitrogens with one attached hydrogen (secondary N) is 1. The molecule has 1 saturated carbocycles. The average Bonchev–Trinajstić information content (AvgIpc) is 2.80. The molecule has 1 aromatic heterocycles. The first kappa shape index (κ1) is 14.0. The van der Waals surface area contributed by atoms with E-state index in [9.17, 15) is 4.79 Å². The second kappa shape index (κ2) is 7.23. The summed E-state index contributed by atoms with van der Waals surface area (Å²) in [5.41, 5.74) is 0.00551. The fourth-order valence-electron chi connectivity index (χ4n) is 2.55. The van der Waals surface area contributed by atoms with Crippen molar-refractivity contribution in [3.63, 3.8) is 0 Å². The van der Waals surface area contributed by atoms with Gasteiger partial charge in [-0.1, -0.05) is 37.3 Å². The molecule has 1 aromatic rings. The van der Waals surface area contributed by atoms with Crippen LogP contribution in [0, 0.1) is 0 Å². The van der Waals surface area contributed by atoms with Crippen LogP contribution in [0.1, 0.15) is 55.4 Å². The first-order valence-corrected chi connectivity index (χ1v) is 7.12. The largest absolute Gasteiger partial charge is 0.476 e. The van der Waals surface area contributed by atoms with Gasteiger partial charge in [-0.05, 0) is 12.8 Å². The molecule has 6 nitrogen and oxygen atoms in total. The van der Waals surface area contributed by atoms with Crippen LogP contribution in [-0.4, -0.2) is 38.7 Å². The molecule has 0 bridgehead atoms. The molecule has 0 spiro atoms. The number of hydrogen-bond acceptors (Lipinski definition) is 4. The summed E-state index contributed by atoms with van der Waals surface area (Å²) in [6, 6.07) is 0.600. The van der Waals surface area contributed by atoms with Crippen LogP contribution in [0.4, 0.5) is 0 Å². The summed E-state index contributed by atoms with van der Waals surface area (Å²) >= 11 is 0. The molecular formula is C13H22N4O2. The van der Waals surface area contributed by atoms with Crippen molar-refractivity contribution in [2.75, 3.05) is 6.54 Å². The van der Waals surface area contributed by atoms with E-state index < -0.39 is 5.97 Å². The maximum absolute atomic E-state index is 10.7. The van der Waals surface area contributed by atoms with Crippen molar-refractivity contribution in [3.05, 3.63) is 11.9 Å². The predicted octanol–water partition coefficient (Wildman–Crippen LogP) is 1.68. The van der Waals surface area contributed by atoms with Gasteiger partial charge in [0.05, 0.1) is 12.7 Å². The molecular weight excluding hydrogens is 244 g/mol. The lowest BCUT2D eigenvalue weighted by atomic mass is 9.97. The van der Waals surface area contributed by atoms with Gasteiger partial charge < -0.3 is 10.4 Å². The molecule has 0 unspecified atom stereocenters. The Hall–Kier alpha value is -1.43. The minimum Gasteiger partial charge on any atom is -0.476 e. The molecule has 0 amide bonds. The van der Waals surface area contributed by atoms with E-state index in [0.29, 0.717) is 12.6 Å². The molecule has 1 aliphatic carbocycles. The minimum absolute atomic E-state index is 0.00551. The predicted molar refractivity (Wildman–Crippen MR) is 71.1 cm³/mol. The lowest BCUT2D eigenvalue weighted by Gasteiger charge is -2.20. The second-order valence-corrected chi connectivity index (χ2v) is 5.17. The highest BCUT2D eigenvalue weighted by atomic mass is 16.4. The van der Waals surface area contributed by atoms with Gasteiger partial charge in [0, 0.05) is 12.6 Å². The number of rotatable bonds is 5. The van der Waals surface area contributed by atoms with E-state index >= 15 is 0 Å². The van der Waals surface area contributed by atoms with E-state index in [2.05, 4.69) is 15.6 Å². The molecule has 1 fully saturated rings. The Balaban J connectivity index is 1.70. The van der Waals surface area contributed by atoms with Crippen LogP contribution in [0.3, 0.4) is 0 Å². The Morgan fingerprint density at radius 1 is 1.32 bits per heavy atom.